The Morgan fingerprint density at radius 2 is 1.88 bits per heavy atom. The zero-order chi connectivity index (χ0) is 19.3. The highest BCUT2D eigenvalue weighted by Crippen LogP contribution is 2.21. The lowest BCUT2D eigenvalue weighted by Gasteiger charge is -2.17. The number of esters is 1. The summed E-state index contributed by atoms with van der Waals surface area (Å²) in [5.41, 5.74) is 2.71. The van der Waals surface area contributed by atoms with Crippen LogP contribution in [0.3, 0.4) is 0 Å². The highest BCUT2D eigenvalue weighted by atomic mass is 16.5. The molecule has 0 unspecified atom stereocenters. The molecule has 0 fully saturated rings. The summed E-state index contributed by atoms with van der Waals surface area (Å²) in [4.78, 5) is 24.7. The molecule has 26 heavy (non-hydrogen) atoms. The second-order valence-corrected chi connectivity index (χ2v) is 6.19. The van der Waals surface area contributed by atoms with Crippen molar-refractivity contribution in [3.05, 3.63) is 52.8 Å². The summed E-state index contributed by atoms with van der Waals surface area (Å²) in [7, 11) is 3.17. The summed E-state index contributed by atoms with van der Waals surface area (Å²) in [6, 6.07) is 8.56. The van der Waals surface area contributed by atoms with Crippen molar-refractivity contribution in [1.29, 1.82) is 0 Å². The Morgan fingerprint density at radius 3 is 2.54 bits per heavy atom. The van der Waals surface area contributed by atoms with Gasteiger partial charge in [-0.25, -0.2) is 4.79 Å². The molecule has 6 heteroatoms. The van der Waals surface area contributed by atoms with Crippen LogP contribution >= 0.6 is 0 Å². The van der Waals surface area contributed by atoms with E-state index in [9.17, 15) is 9.59 Å². The molecule has 0 amide bonds. The molecule has 0 aliphatic rings. The molecule has 0 N–H and O–H groups in total. The number of hydrogen-bond donors (Lipinski definition) is 0. The summed E-state index contributed by atoms with van der Waals surface area (Å²) in [6.07, 6.45) is 0. The average molecular weight is 359 g/mol. The van der Waals surface area contributed by atoms with Crippen LogP contribution in [0.4, 0.5) is 0 Å². The van der Waals surface area contributed by atoms with E-state index < -0.39 is 5.97 Å². The number of hydrogen-bond acceptors (Lipinski definition) is 5. The van der Waals surface area contributed by atoms with E-state index in [0.29, 0.717) is 23.5 Å². The van der Waals surface area contributed by atoms with Gasteiger partial charge in [-0.1, -0.05) is 6.07 Å². The van der Waals surface area contributed by atoms with Crippen LogP contribution in [0.15, 0.2) is 30.3 Å². The lowest BCUT2D eigenvalue weighted by atomic mass is 10.1. The Hall–Kier alpha value is -2.60. The van der Waals surface area contributed by atoms with Crippen molar-refractivity contribution in [3.63, 3.8) is 0 Å². The summed E-state index contributed by atoms with van der Waals surface area (Å²) in [6.45, 7) is 6.10. The number of ether oxygens (including phenoxy) is 3. The van der Waals surface area contributed by atoms with E-state index >= 15 is 0 Å². The molecule has 0 radical (unpaired) electrons. The third-order valence-corrected chi connectivity index (χ3v) is 4.27. The fraction of sp³-hybridized carbons (Fsp3) is 0.400. The number of methoxy groups -OCH3 is 2. The molecule has 1 aromatic heterocycles. The van der Waals surface area contributed by atoms with Crippen LogP contribution in [0.25, 0.3) is 0 Å². The number of rotatable bonds is 8. The molecular formula is C20H25NO5. The predicted octanol–water partition coefficient (Wildman–Crippen LogP) is 3.36. The number of aryl methyl sites for hydroxylation is 1. The molecule has 0 saturated carbocycles. The Labute approximate surface area is 153 Å². The molecule has 1 aromatic carbocycles. The van der Waals surface area contributed by atoms with Gasteiger partial charge in [0.25, 0.3) is 0 Å². The van der Waals surface area contributed by atoms with E-state index in [2.05, 4.69) is 4.57 Å². The number of nitrogens with zero attached hydrogens (tertiary/aromatic N) is 1. The number of carbonyl (C=O) groups is 2. The first-order valence-electron chi connectivity index (χ1n) is 8.40. The highest BCUT2D eigenvalue weighted by molar-refractivity contribution is 6.00. The molecular weight excluding hydrogens is 334 g/mol. The fourth-order valence-corrected chi connectivity index (χ4v) is 3.10. The molecule has 2 aromatic rings. The van der Waals surface area contributed by atoms with Crippen molar-refractivity contribution in [1.82, 2.24) is 4.57 Å². The van der Waals surface area contributed by atoms with Gasteiger partial charge < -0.3 is 18.8 Å². The van der Waals surface area contributed by atoms with Crippen LogP contribution in [-0.2, 0) is 9.47 Å². The summed E-state index contributed by atoms with van der Waals surface area (Å²) < 4.78 is 17.5. The molecule has 1 atom stereocenters. The van der Waals surface area contributed by atoms with Gasteiger partial charge in [0.15, 0.2) is 6.61 Å². The number of benzene rings is 1. The maximum Gasteiger partial charge on any atom is 0.338 e. The molecule has 0 saturated heterocycles. The topological polar surface area (TPSA) is 66.8 Å². The molecule has 0 bridgehead atoms. The molecule has 1 heterocycles. The molecule has 0 aliphatic heterocycles. The average Bonchev–Trinajstić information content (AvgIpc) is 2.94. The van der Waals surface area contributed by atoms with Crippen LogP contribution in [0.1, 0.15) is 45.1 Å². The van der Waals surface area contributed by atoms with Gasteiger partial charge in [-0.3, -0.25) is 4.79 Å². The van der Waals surface area contributed by atoms with E-state index in [1.165, 1.54) is 7.11 Å². The third kappa shape index (κ3) is 4.32. The number of carbonyl (C=O) groups excluding carboxylic acids is 2. The Morgan fingerprint density at radius 1 is 1.15 bits per heavy atom. The van der Waals surface area contributed by atoms with Crippen molar-refractivity contribution < 1.29 is 23.8 Å². The van der Waals surface area contributed by atoms with Crippen LogP contribution in [0.5, 0.6) is 5.75 Å². The number of aromatic nitrogens is 1. The maximum atomic E-state index is 12.5. The first-order chi connectivity index (χ1) is 12.4. The zero-order valence-corrected chi connectivity index (χ0v) is 15.9. The maximum absolute atomic E-state index is 12.5. The quantitative estimate of drug-likeness (QED) is 0.534. The standard InChI is InChI=1S/C20H25NO5/c1-13-9-18(15(3)21(13)14(2)11-24-4)19(22)12-26-20(23)16-7-6-8-17(10-16)25-5/h6-10,14H,11-12H2,1-5H3/t14-/m0/s1. The van der Waals surface area contributed by atoms with E-state index in [0.717, 1.165) is 11.4 Å². The lowest BCUT2D eigenvalue weighted by Crippen LogP contribution is -2.17. The van der Waals surface area contributed by atoms with Crippen molar-refractivity contribution in [2.45, 2.75) is 26.8 Å². The first-order valence-corrected chi connectivity index (χ1v) is 8.40. The normalized spacial score (nSPS) is 11.9. The van der Waals surface area contributed by atoms with Crippen molar-refractivity contribution in [3.8, 4) is 5.75 Å². The van der Waals surface area contributed by atoms with Crippen molar-refractivity contribution in [2.75, 3.05) is 27.4 Å². The van der Waals surface area contributed by atoms with Crippen LogP contribution in [0.2, 0.25) is 0 Å². The molecule has 140 valence electrons. The minimum Gasteiger partial charge on any atom is -0.497 e. The zero-order valence-electron chi connectivity index (χ0n) is 15.9. The Balaban J connectivity index is 2.08. The van der Waals surface area contributed by atoms with Crippen molar-refractivity contribution in [2.24, 2.45) is 0 Å². The highest BCUT2D eigenvalue weighted by Gasteiger charge is 2.20. The van der Waals surface area contributed by atoms with E-state index in [4.69, 9.17) is 14.2 Å². The molecule has 6 nitrogen and oxygen atoms in total. The van der Waals surface area contributed by atoms with Crippen molar-refractivity contribution >= 4 is 11.8 Å². The largest absolute Gasteiger partial charge is 0.497 e. The second kappa shape index (κ2) is 8.67. The van der Waals surface area contributed by atoms with Gasteiger partial charge in [0, 0.05) is 24.1 Å². The van der Waals surface area contributed by atoms with Crippen LogP contribution in [-0.4, -0.2) is 43.8 Å². The van der Waals surface area contributed by atoms with Crippen LogP contribution in [0, 0.1) is 13.8 Å². The Kier molecular flexibility index (Phi) is 6.58. The fourth-order valence-electron chi connectivity index (χ4n) is 3.10. The Bertz CT molecular complexity index is 793. The van der Waals surface area contributed by atoms with Gasteiger partial charge in [-0.05, 0) is 45.0 Å². The van der Waals surface area contributed by atoms with Gasteiger partial charge in [-0.15, -0.1) is 0 Å². The summed E-state index contributed by atoms with van der Waals surface area (Å²) >= 11 is 0. The molecule has 0 spiro atoms. The molecule has 2 rings (SSSR count). The van der Waals surface area contributed by atoms with Gasteiger partial charge in [0.2, 0.25) is 5.78 Å². The minimum atomic E-state index is -0.557. The van der Waals surface area contributed by atoms with Gasteiger partial charge in [-0.2, -0.15) is 0 Å². The summed E-state index contributed by atoms with van der Waals surface area (Å²) in [5.74, 6) is -0.231. The lowest BCUT2D eigenvalue weighted by molar-refractivity contribution is 0.0474. The first kappa shape index (κ1) is 19.7. The minimum absolute atomic E-state index is 0.112. The third-order valence-electron chi connectivity index (χ3n) is 4.27. The number of ketones is 1. The molecule has 0 aliphatic carbocycles. The number of Topliss-reactive ketones (excluding diaryl/α,β-unsaturated/α-hetero) is 1. The van der Waals surface area contributed by atoms with E-state index in [1.54, 1.807) is 31.4 Å². The van der Waals surface area contributed by atoms with Gasteiger partial charge in [0.1, 0.15) is 5.75 Å². The van der Waals surface area contributed by atoms with Crippen LogP contribution < -0.4 is 4.74 Å². The van der Waals surface area contributed by atoms with Gasteiger partial charge in [0.05, 0.1) is 25.3 Å². The van der Waals surface area contributed by atoms with E-state index in [1.807, 2.05) is 26.8 Å². The SMILES string of the molecule is COC[C@H](C)n1c(C)cc(C(=O)COC(=O)c2cccc(OC)c2)c1C. The second-order valence-electron chi connectivity index (χ2n) is 6.19. The predicted molar refractivity (Wildman–Crippen MR) is 98.1 cm³/mol. The van der Waals surface area contributed by atoms with E-state index in [-0.39, 0.29) is 18.4 Å². The summed E-state index contributed by atoms with van der Waals surface area (Å²) in [5, 5.41) is 0. The van der Waals surface area contributed by atoms with Gasteiger partial charge >= 0.3 is 5.97 Å². The smallest absolute Gasteiger partial charge is 0.338 e. The monoisotopic (exact) mass is 359 g/mol.